The summed E-state index contributed by atoms with van der Waals surface area (Å²) in [6, 6.07) is 9.53. The molecule has 3 aliphatic heterocycles. The fraction of sp³-hybridized carbons (Fsp3) is 0.414. The van der Waals surface area contributed by atoms with E-state index in [4.69, 9.17) is 11.6 Å². The molecule has 0 spiro atoms. The molecule has 4 heterocycles. The molecule has 2 aromatic carbocycles. The standard InChI is InChI=1S/C29H28ClF3N4O2S/c30-22-8-7-19(23(14-22)29(31,32)33)17-37-25-9-6-18(12-21(25)15-34-37)13-26-27(38)36(28(39)40-26)16-20-4-3-11-35-10-2-1-5-24(20)35/h6-9,12-15,20,24H,1-5,10-11,16-17H2/t20?,24-/m1/s1. The Labute approximate surface area is 239 Å². The van der Waals surface area contributed by atoms with Crippen molar-refractivity contribution in [3.05, 3.63) is 69.2 Å². The van der Waals surface area contributed by atoms with Gasteiger partial charge in [-0.15, -0.1) is 0 Å². The second kappa shape index (κ2) is 10.9. The van der Waals surface area contributed by atoms with Crippen LogP contribution in [0.4, 0.5) is 18.0 Å². The van der Waals surface area contributed by atoms with Crippen molar-refractivity contribution in [1.29, 1.82) is 0 Å². The average Bonchev–Trinajstić information content (AvgIpc) is 3.44. The first-order valence-corrected chi connectivity index (χ1v) is 14.7. The van der Waals surface area contributed by atoms with E-state index in [-0.39, 0.29) is 28.3 Å². The summed E-state index contributed by atoms with van der Waals surface area (Å²) in [6.07, 6.45) is 4.41. The van der Waals surface area contributed by atoms with Crippen LogP contribution in [0, 0.1) is 5.92 Å². The maximum Gasteiger partial charge on any atom is 0.416 e. The lowest BCUT2D eigenvalue weighted by Crippen LogP contribution is -2.51. The van der Waals surface area contributed by atoms with Crippen LogP contribution in [0.1, 0.15) is 48.8 Å². The van der Waals surface area contributed by atoms with Crippen LogP contribution in [0.5, 0.6) is 0 Å². The van der Waals surface area contributed by atoms with Crippen molar-refractivity contribution in [3.63, 3.8) is 0 Å². The molecule has 1 aromatic heterocycles. The number of halogens is 4. The van der Waals surface area contributed by atoms with E-state index in [0.29, 0.717) is 28.9 Å². The molecule has 3 aliphatic rings. The Morgan fingerprint density at radius 3 is 2.70 bits per heavy atom. The molecular weight excluding hydrogens is 561 g/mol. The zero-order chi connectivity index (χ0) is 28.0. The largest absolute Gasteiger partial charge is 0.416 e. The van der Waals surface area contributed by atoms with Gasteiger partial charge < -0.3 is 4.90 Å². The third-order valence-electron chi connectivity index (χ3n) is 8.18. The van der Waals surface area contributed by atoms with Gasteiger partial charge in [-0.2, -0.15) is 18.3 Å². The van der Waals surface area contributed by atoms with Gasteiger partial charge in [0.05, 0.1) is 28.7 Å². The Balaban J connectivity index is 1.19. The van der Waals surface area contributed by atoms with E-state index >= 15 is 0 Å². The Morgan fingerprint density at radius 1 is 1.05 bits per heavy atom. The van der Waals surface area contributed by atoms with Gasteiger partial charge >= 0.3 is 6.18 Å². The van der Waals surface area contributed by atoms with Crippen molar-refractivity contribution in [2.24, 2.45) is 5.92 Å². The molecule has 3 aromatic rings. The second-order valence-electron chi connectivity index (χ2n) is 10.7. The van der Waals surface area contributed by atoms with Crippen LogP contribution in [-0.4, -0.2) is 56.4 Å². The predicted octanol–water partition coefficient (Wildman–Crippen LogP) is 7.06. The molecule has 3 fully saturated rings. The topological polar surface area (TPSA) is 58.4 Å². The van der Waals surface area contributed by atoms with Crippen molar-refractivity contribution >= 4 is 51.5 Å². The molecule has 0 aliphatic carbocycles. The molecule has 40 heavy (non-hydrogen) atoms. The number of carbonyl (C=O) groups excluding carboxylic acids is 2. The summed E-state index contributed by atoms with van der Waals surface area (Å²) < 4.78 is 42.2. The lowest BCUT2D eigenvalue weighted by atomic mass is 9.83. The van der Waals surface area contributed by atoms with Gasteiger partial charge in [0, 0.05) is 23.0 Å². The number of imide groups is 1. The molecule has 0 saturated carbocycles. The fourth-order valence-corrected chi connectivity index (χ4v) is 7.29. The highest BCUT2D eigenvalue weighted by Gasteiger charge is 2.40. The van der Waals surface area contributed by atoms with Crippen LogP contribution in [0.15, 0.2) is 47.5 Å². The van der Waals surface area contributed by atoms with Crippen molar-refractivity contribution in [1.82, 2.24) is 19.6 Å². The normalized spacial score (nSPS) is 23.4. The minimum atomic E-state index is -4.54. The van der Waals surface area contributed by atoms with E-state index < -0.39 is 11.7 Å². The number of hydrogen-bond donors (Lipinski definition) is 0. The highest BCUT2D eigenvalue weighted by molar-refractivity contribution is 8.18. The van der Waals surface area contributed by atoms with Gasteiger partial charge in [-0.05, 0) is 97.9 Å². The van der Waals surface area contributed by atoms with E-state index in [2.05, 4.69) is 10.00 Å². The molecule has 1 unspecified atom stereocenters. The third-order valence-corrected chi connectivity index (χ3v) is 9.32. The van der Waals surface area contributed by atoms with Crippen molar-refractivity contribution in [2.75, 3.05) is 19.6 Å². The Morgan fingerprint density at radius 2 is 1.88 bits per heavy atom. The van der Waals surface area contributed by atoms with Gasteiger partial charge in [0.1, 0.15) is 0 Å². The van der Waals surface area contributed by atoms with Crippen LogP contribution in [0.2, 0.25) is 5.02 Å². The van der Waals surface area contributed by atoms with Gasteiger partial charge in [0.15, 0.2) is 0 Å². The maximum absolute atomic E-state index is 13.6. The molecule has 0 radical (unpaired) electrons. The summed E-state index contributed by atoms with van der Waals surface area (Å²) in [6.45, 7) is 2.59. The third kappa shape index (κ3) is 5.41. The van der Waals surface area contributed by atoms with Gasteiger partial charge in [0.2, 0.25) is 0 Å². The van der Waals surface area contributed by atoms with Crippen LogP contribution >= 0.6 is 23.4 Å². The number of thioether (sulfide) groups is 1. The summed E-state index contributed by atoms with van der Waals surface area (Å²) in [5.41, 5.74) is 0.646. The molecule has 210 valence electrons. The molecular formula is C29H28ClF3N4O2S. The summed E-state index contributed by atoms with van der Waals surface area (Å²) in [4.78, 5) is 30.4. The lowest BCUT2D eigenvalue weighted by molar-refractivity contribution is -0.138. The van der Waals surface area contributed by atoms with Crippen LogP contribution in [0.3, 0.4) is 0 Å². The lowest BCUT2D eigenvalue weighted by Gasteiger charge is -2.45. The van der Waals surface area contributed by atoms with Gasteiger partial charge in [-0.25, -0.2) is 0 Å². The van der Waals surface area contributed by atoms with Crippen LogP contribution < -0.4 is 0 Å². The van der Waals surface area contributed by atoms with E-state index in [1.165, 1.54) is 34.6 Å². The second-order valence-corrected chi connectivity index (χ2v) is 12.1. The molecule has 2 amide bonds. The number of aromatic nitrogens is 2. The Kier molecular flexibility index (Phi) is 7.43. The predicted molar refractivity (Wildman–Crippen MR) is 150 cm³/mol. The Hall–Kier alpha value is -2.82. The zero-order valence-corrected chi connectivity index (χ0v) is 23.2. The van der Waals surface area contributed by atoms with Crippen LogP contribution in [0.25, 0.3) is 17.0 Å². The summed E-state index contributed by atoms with van der Waals surface area (Å²) in [7, 11) is 0. The van der Waals surface area contributed by atoms with Gasteiger partial charge in [-0.1, -0.05) is 30.2 Å². The Bertz CT molecular complexity index is 1500. The fourth-order valence-electron chi connectivity index (χ4n) is 6.27. The number of nitrogens with zero attached hydrogens (tertiary/aromatic N) is 4. The first kappa shape index (κ1) is 27.4. The molecule has 0 bridgehead atoms. The van der Waals surface area contributed by atoms with E-state index in [0.717, 1.165) is 61.1 Å². The molecule has 6 rings (SSSR count). The van der Waals surface area contributed by atoms with E-state index in [1.54, 1.807) is 24.4 Å². The molecule has 11 heteroatoms. The number of hydrogen-bond acceptors (Lipinski definition) is 5. The molecule has 3 saturated heterocycles. The molecule has 6 nitrogen and oxygen atoms in total. The number of alkyl halides is 3. The minimum absolute atomic E-state index is 0.0187. The quantitative estimate of drug-likeness (QED) is 0.299. The number of amides is 2. The number of fused-ring (bicyclic) bond motifs is 2. The van der Waals surface area contributed by atoms with E-state index in [9.17, 15) is 22.8 Å². The zero-order valence-electron chi connectivity index (χ0n) is 21.7. The van der Waals surface area contributed by atoms with Crippen molar-refractivity contribution in [3.8, 4) is 0 Å². The number of carbonyl (C=O) groups is 2. The monoisotopic (exact) mass is 588 g/mol. The first-order valence-electron chi connectivity index (χ1n) is 13.5. The number of rotatable bonds is 5. The van der Waals surface area contributed by atoms with Crippen molar-refractivity contribution in [2.45, 2.75) is 50.9 Å². The van der Waals surface area contributed by atoms with Crippen LogP contribution in [-0.2, 0) is 17.5 Å². The summed E-state index contributed by atoms with van der Waals surface area (Å²) >= 11 is 6.77. The molecule has 0 N–H and O–H groups in total. The highest BCUT2D eigenvalue weighted by atomic mass is 35.5. The highest BCUT2D eigenvalue weighted by Crippen LogP contribution is 2.38. The SMILES string of the molecule is O=C1SC(=Cc2ccc3c(cnn3Cc3ccc(Cl)cc3C(F)(F)F)c2)C(=O)N1CC1CCCN2CCCC[C@H]12. The first-order chi connectivity index (χ1) is 19.2. The van der Waals surface area contributed by atoms with Crippen molar-refractivity contribution < 1.29 is 22.8 Å². The minimum Gasteiger partial charge on any atom is -0.300 e. The van der Waals surface area contributed by atoms with Gasteiger partial charge in [0.25, 0.3) is 11.1 Å². The average molecular weight is 589 g/mol. The summed E-state index contributed by atoms with van der Waals surface area (Å²) in [5, 5.41) is 4.81. The van der Waals surface area contributed by atoms with E-state index in [1.807, 2.05) is 6.07 Å². The smallest absolute Gasteiger partial charge is 0.300 e. The maximum atomic E-state index is 13.6. The number of piperidine rings is 2. The number of benzene rings is 2. The summed E-state index contributed by atoms with van der Waals surface area (Å²) in [5.74, 6) is 0.0451. The molecule has 2 atom stereocenters. The van der Waals surface area contributed by atoms with Gasteiger partial charge in [-0.3, -0.25) is 19.2 Å².